The van der Waals surface area contributed by atoms with E-state index in [0.717, 1.165) is 19.3 Å². The predicted molar refractivity (Wildman–Crippen MR) is 52.9 cm³/mol. The van der Waals surface area contributed by atoms with E-state index in [1.54, 1.807) is 18.1 Å². The van der Waals surface area contributed by atoms with E-state index in [1.807, 2.05) is 0 Å². The van der Waals surface area contributed by atoms with Crippen LogP contribution in [0.2, 0.25) is 0 Å². The normalized spacial score (nSPS) is 21.8. The topological polar surface area (TPSA) is 38.8 Å². The highest BCUT2D eigenvalue weighted by Gasteiger charge is 2.27. The van der Waals surface area contributed by atoms with Crippen LogP contribution in [0.15, 0.2) is 12.7 Å². The smallest absolute Gasteiger partial charge is 0.412 e. The molecule has 0 saturated carbocycles. The van der Waals surface area contributed by atoms with Crippen LogP contribution in [0.1, 0.15) is 19.3 Å². The van der Waals surface area contributed by atoms with Crippen LogP contribution in [-0.2, 0) is 9.47 Å². The standard InChI is InChI=1S/C10H17NO3/c1-3-8-14-10(12)11-7-5-4-6-9(11)13-2/h3,9H,1,4-8H2,2H3. The molecule has 1 unspecified atom stereocenters. The summed E-state index contributed by atoms with van der Waals surface area (Å²) in [6.07, 6.45) is 4.13. The van der Waals surface area contributed by atoms with Crippen molar-refractivity contribution in [3.05, 3.63) is 12.7 Å². The number of amides is 1. The van der Waals surface area contributed by atoms with Gasteiger partial charge in [-0.15, -0.1) is 0 Å². The molecule has 1 rings (SSSR count). The number of ether oxygens (including phenoxy) is 2. The van der Waals surface area contributed by atoms with Crippen molar-refractivity contribution in [1.82, 2.24) is 4.90 Å². The summed E-state index contributed by atoms with van der Waals surface area (Å²) in [5, 5.41) is 0. The van der Waals surface area contributed by atoms with Gasteiger partial charge in [-0.3, -0.25) is 4.90 Å². The summed E-state index contributed by atoms with van der Waals surface area (Å²) in [5.74, 6) is 0. The van der Waals surface area contributed by atoms with E-state index in [2.05, 4.69) is 6.58 Å². The zero-order valence-electron chi connectivity index (χ0n) is 8.57. The van der Waals surface area contributed by atoms with Crippen LogP contribution in [0.4, 0.5) is 4.79 Å². The maximum Gasteiger partial charge on any atom is 0.412 e. The highest BCUT2D eigenvalue weighted by Crippen LogP contribution is 2.18. The zero-order chi connectivity index (χ0) is 10.4. The first kappa shape index (κ1) is 11.0. The van der Waals surface area contributed by atoms with Crippen molar-refractivity contribution in [2.75, 3.05) is 20.3 Å². The molecule has 0 aromatic heterocycles. The second-order valence-corrected chi connectivity index (χ2v) is 3.25. The van der Waals surface area contributed by atoms with E-state index >= 15 is 0 Å². The molecular weight excluding hydrogens is 182 g/mol. The van der Waals surface area contributed by atoms with Crippen LogP contribution in [0.3, 0.4) is 0 Å². The predicted octanol–water partition coefficient (Wildman–Crippen LogP) is 1.77. The second kappa shape index (κ2) is 5.65. The number of nitrogens with zero attached hydrogens (tertiary/aromatic N) is 1. The van der Waals surface area contributed by atoms with E-state index in [1.165, 1.54) is 0 Å². The number of carbonyl (C=O) groups excluding carboxylic acids is 1. The molecule has 0 aromatic carbocycles. The molecule has 0 spiro atoms. The summed E-state index contributed by atoms with van der Waals surface area (Å²) in [4.78, 5) is 13.1. The van der Waals surface area contributed by atoms with Crippen molar-refractivity contribution >= 4 is 6.09 Å². The first-order valence-electron chi connectivity index (χ1n) is 4.86. The molecule has 80 valence electrons. The molecule has 1 aliphatic rings. The van der Waals surface area contributed by atoms with Gasteiger partial charge < -0.3 is 9.47 Å². The SMILES string of the molecule is C=CCOC(=O)N1CCCCC1OC. The summed E-state index contributed by atoms with van der Waals surface area (Å²) in [6.45, 7) is 4.46. The molecule has 0 aliphatic carbocycles. The quantitative estimate of drug-likeness (QED) is 0.650. The molecule has 0 aromatic rings. The summed E-state index contributed by atoms with van der Waals surface area (Å²) >= 11 is 0. The summed E-state index contributed by atoms with van der Waals surface area (Å²) in [7, 11) is 1.61. The Morgan fingerprint density at radius 1 is 1.64 bits per heavy atom. The van der Waals surface area contributed by atoms with E-state index in [-0.39, 0.29) is 18.9 Å². The zero-order valence-corrected chi connectivity index (χ0v) is 8.57. The number of carbonyl (C=O) groups is 1. The van der Waals surface area contributed by atoms with Crippen molar-refractivity contribution in [1.29, 1.82) is 0 Å². The molecule has 1 saturated heterocycles. The Hall–Kier alpha value is -1.03. The molecule has 1 atom stereocenters. The van der Waals surface area contributed by atoms with Gasteiger partial charge in [0.05, 0.1) is 0 Å². The molecule has 1 heterocycles. The van der Waals surface area contributed by atoms with Gasteiger partial charge in [0.25, 0.3) is 0 Å². The number of methoxy groups -OCH3 is 1. The third-order valence-corrected chi connectivity index (χ3v) is 2.28. The number of rotatable bonds is 3. The summed E-state index contributed by atoms with van der Waals surface area (Å²) in [6, 6.07) is 0. The number of likely N-dealkylation sites (tertiary alicyclic amines) is 1. The summed E-state index contributed by atoms with van der Waals surface area (Å²) in [5.41, 5.74) is 0. The average Bonchev–Trinajstić information content (AvgIpc) is 2.25. The average molecular weight is 199 g/mol. The van der Waals surface area contributed by atoms with Gasteiger partial charge in [0, 0.05) is 13.7 Å². The highest BCUT2D eigenvalue weighted by molar-refractivity contribution is 5.68. The van der Waals surface area contributed by atoms with E-state index in [0.29, 0.717) is 6.54 Å². The molecule has 0 radical (unpaired) electrons. The molecule has 0 bridgehead atoms. The lowest BCUT2D eigenvalue weighted by molar-refractivity contribution is -0.0473. The largest absolute Gasteiger partial charge is 0.445 e. The molecule has 1 aliphatic heterocycles. The van der Waals surface area contributed by atoms with Crippen molar-refractivity contribution in [3.63, 3.8) is 0 Å². The summed E-state index contributed by atoms with van der Waals surface area (Å²) < 4.78 is 10.2. The van der Waals surface area contributed by atoms with Crippen molar-refractivity contribution in [2.24, 2.45) is 0 Å². The molecule has 14 heavy (non-hydrogen) atoms. The first-order chi connectivity index (χ1) is 6.79. The Kier molecular flexibility index (Phi) is 4.46. The third kappa shape index (κ3) is 2.73. The number of piperidine rings is 1. The lowest BCUT2D eigenvalue weighted by atomic mass is 10.1. The van der Waals surface area contributed by atoms with Gasteiger partial charge in [0.2, 0.25) is 0 Å². The van der Waals surface area contributed by atoms with Crippen LogP contribution in [0.5, 0.6) is 0 Å². The Balaban J connectivity index is 2.45. The maximum atomic E-state index is 11.5. The van der Waals surface area contributed by atoms with Crippen LogP contribution in [-0.4, -0.2) is 37.5 Å². The van der Waals surface area contributed by atoms with E-state index in [9.17, 15) is 4.79 Å². The van der Waals surface area contributed by atoms with Crippen LogP contribution < -0.4 is 0 Å². The first-order valence-corrected chi connectivity index (χ1v) is 4.86. The van der Waals surface area contributed by atoms with Crippen LogP contribution in [0, 0.1) is 0 Å². The molecule has 4 heteroatoms. The minimum atomic E-state index is -0.309. The molecule has 0 N–H and O–H groups in total. The van der Waals surface area contributed by atoms with Crippen molar-refractivity contribution < 1.29 is 14.3 Å². The van der Waals surface area contributed by atoms with Gasteiger partial charge in [0.1, 0.15) is 12.8 Å². The fraction of sp³-hybridized carbons (Fsp3) is 0.700. The van der Waals surface area contributed by atoms with Gasteiger partial charge in [-0.1, -0.05) is 12.7 Å². The van der Waals surface area contributed by atoms with Gasteiger partial charge in [-0.05, 0) is 19.3 Å². The minimum Gasteiger partial charge on any atom is -0.445 e. The van der Waals surface area contributed by atoms with Gasteiger partial charge >= 0.3 is 6.09 Å². The minimum absolute atomic E-state index is 0.124. The van der Waals surface area contributed by atoms with Gasteiger partial charge in [0.15, 0.2) is 0 Å². The third-order valence-electron chi connectivity index (χ3n) is 2.28. The van der Waals surface area contributed by atoms with Crippen LogP contribution in [0.25, 0.3) is 0 Å². The Morgan fingerprint density at radius 2 is 2.43 bits per heavy atom. The maximum absolute atomic E-state index is 11.5. The highest BCUT2D eigenvalue weighted by atomic mass is 16.6. The monoisotopic (exact) mass is 199 g/mol. The number of hydrogen-bond acceptors (Lipinski definition) is 3. The van der Waals surface area contributed by atoms with E-state index in [4.69, 9.17) is 9.47 Å². The molecule has 1 amide bonds. The van der Waals surface area contributed by atoms with Gasteiger partial charge in [-0.25, -0.2) is 4.79 Å². The van der Waals surface area contributed by atoms with E-state index < -0.39 is 0 Å². The molecule has 4 nitrogen and oxygen atoms in total. The fourth-order valence-electron chi connectivity index (χ4n) is 1.57. The Bertz CT molecular complexity index is 206. The Labute approximate surface area is 84.5 Å². The van der Waals surface area contributed by atoms with Crippen molar-refractivity contribution in [3.8, 4) is 0 Å². The number of hydrogen-bond donors (Lipinski definition) is 0. The second-order valence-electron chi connectivity index (χ2n) is 3.25. The van der Waals surface area contributed by atoms with Gasteiger partial charge in [-0.2, -0.15) is 0 Å². The Morgan fingerprint density at radius 3 is 3.07 bits per heavy atom. The fourth-order valence-corrected chi connectivity index (χ4v) is 1.57. The lowest BCUT2D eigenvalue weighted by Gasteiger charge is -2.33. The van der Waals surface area contributed by atoms with Crippen molar-refractivity contribution in [2.45, 2.75) is 25.5 Å². The molecular formula is C10H17NO3. The van der Waals surface area contributed by atoms with Crippen LogP contribution >= 0.6 is 0 Å². The molecule has 1 fully saturated rings. The lowest BCUT2D eigenvalue weighted by Crippen LogP contribution is -2.44.